The SMILES string of the molecule is CC(C)(C)OC(=O)NC1(CC(=O)C(=O)O)CCCC1. The fourth-order valence-electron chi connectivity index (χ4n) is 2.30. The third kappa shape index (κ3) is 4.89. The summed E-state index contributed by atoms with van der Waals surface area (Å²) < 4.78 is 5.16. The second kappa shape index (κ2) is 5.59. The number of rotatable bonds is 4. The molecule has 0 aromatic rings. The number of aliphatic carboxylic acids is 1. The van der Waals surface area contributed by atoms with Gasteiger partial charge in [-0.2, -0.15) is 0 Å². The first-order valence-electron chi connectivity index (χ1n) is 6.41. The zero-order valence-electron chi connectivity index (χ0n) is 11.6. The molecule has 0 saturated heterocycles. The number of ether oxygens (including phenoxy) is 1. The molecule has 0 unspecified atom stereocenters. The van der Waals surface area contributed by atoms with E-state index < -0.39 is 29.0 Å². The molecule has 1 saturated carbocycles. The summed E-state index contributed by atoms with van der Waals surface area (Å²) in [7, 11) is 0. The third-order valence-electron chi connectivity index (χ3n) is 3.06. The Labute approximate surface area is 112 Å². The van der Waals surface area contributed by atoms with Crippen molar-refractivity contribution in [1.29, 1.82) is 0 Å². The van der Waals surface area contributed by atoms with Crippen molar-refractivity contribution in [2.24, 2.45) is 0 Å². The van der Waals surface area contributed by atoms with Crippen LogP contribution >= 0.6 is 0 Å². The highest BCUT2D eigenvalue weighted by Crippen LogP contribution is 2.33. The fourth-order valence-corrected chi connectivity index (χ4v) is 2.30. The Kier molecular flexibility index (Phi) is 4.55. The Hall–Kier alpha value is -1.59. The van der Waals surface area contributed by atoms with Crippen molar-refractivity contribution in [2.45, 2.75) is 64.0 Å². The van der Waals surface area contributed by atoms with Gasteiger partial charge in [-0.25, -0.2) is 9.59 Å². The van der Waals surface area contributed by atoms with Crippen LogP contribution < -0.4 is 5.32 Å². The smallest absolute Gasteiger partial charge is 0.408 e. The molecule has 0 spiro atoms. The molecule has 1 aliphatic rings. The summed E-state index contributed by atoms with van der Waals surface area (Å²) >= 11 is 0. The molecule has 1 fully saturated rings. The molecule has 1 aliphatic carbocycles. The van der Waals surface area contributed by atoms with Crippen molar-refractivity contribution in [3.63, 3.8) is 0 Å². The highest BCUT2D eigenvalue weighted by atomic mass is 16.6. The van der Waals surface area contributed by atoms with Gasteiger partial charge in [0.1, 0.15) is 5.60 Å². The van der Waals surface area contributed by atoms with Crippen molar-refractivity contribution in [3.8, 4) is 0 Å². The second-order valence-electron chi connectivity index (χ2n) is 6.02. The minimum Gasteiger partial charge on any atom is -0.475 e. The molecule has 0 radical (unpaired) electrons. The van der Waals surface area contributed by atoms with E-state index in [4.69, 9.17) is 9.84 Å². The van der Waals surface area contributed by atoms with Gasteiger partial charge in [0.05, 0.1) is 5.54 Å². The maximum absolute atomic E-state index is 11.8. The number of Topliss-reactive ketones (excluding diaryl/α,β-unsaturated/α-hetero) is 1. The molecule has 6 heteroatoms. The maximum Gasteiger partial charge on any atom is 0.408 e. The number of carboxylic acid groups (broad SMARTS) is 1. The number of carbonyl (C=O) groups excluding carboxylic acids is 2. The average molecular weight is 271 g/mol. The standard InChI is InChI=1S/C13H21NO5/c1-12(2,3)19-11(18)14-13(6-4-5-7-13)8-9(15)10(16)17/h4-8H2,1-3H3,(H,14,18)(H,16,17). The molecule has 0 bridgehead atoms. The molecule has 0 heterocycles. The minimum atomic E-state index is -1.46. The van der Waals surface area contributed by atoms with Crippen LogP contribution in [-0.4, -0.2) is 34.1 Å². The lowest BCUT2D eigenvalue weighted by Gasteiger charge is -2.30. The minimum absolute atomic E-state index is 0.179. The van der Waals surface area contributed by atoms with Crippen LogP contribution in [0.1, 0.15) is 52.9 Å². The predicted molar refractivity (Wildman–Crippen MR) is 67.8 cm³/mol. The van der Waals surface area contributed by atoms with E-state index in [1.807, 2.05) is 0 Å². The van der Waals surface area contributed by atoms with Gasteiger partial charge < -0.3 is 15.2 Å². The highest BCUT2D eigenvalue weighted by molar-refractivity contribution is 6.32. The molecular weight excluding hydrogens is 250 g/mol. The Morgan fingerprint density at radius 3 is 2.16 bits per heavy atom. The van der Waals surface area contributed by atoms with E-state index in [1.54, 1.807) is 20.8 Å². The first-order valence-corrected chi connectivity index (χ1v) is 6.41. The fraction of sp³-hybridized carbons (Fsp3) is 0.769. The van der Waals surface area contributed by atoms with Gasteiger partial charge in [0.15, 0.2) is 0 Å². The molecule has 0 aromatic carbocycles. The van der Waals surface area contributed by atoms with Crippen LogP contribution in [-0.2, 0) is 14.3 Å². The zero-order chi connectivity index (χ0) is 14.7. The first-order chi connectivity index (χ1) is 8.64. The molecule has 19 heavy (non-hydrogen) atoms. The van der Waals surface area contributed by atoms with Crippen molar-refractivity contribution < 1.29 is 24.2 Å². The molecule has 0 atom stereocenters. The van der Waals surface area contributed by atoms with E-state index in [2.05, 4.69) is 5.32 Å². The van der Waals surface area contributed by atoms with Crippen molar-refractivity contribution >= 4 is 17.8 Å². The van der Waals surface area contributed by atoms with Gasteiger partial charge in [0.25, 0.3) is 0 Å². The Morgan fingerprint density at radius 1 is 1.21 bits per heavy atom. The van der Waals surface area contributed by atoms with Gasteiger partial charge in [-0.05, 0) is 33.6 Å². The molecular formula is C13H21NO5. The van der Waals surface area contributed by atoms with Crippen LogP contribution in [0.2, 0.25) is 0 Å². The summed E-state index contributed by atoms with van der Waals surface area (Å²) in [6.07, 6.45) is 2.15. The van der Waals surface area contributed by atoms with E-state index in [0.717, 1.165) is 12.8 Å². The largest absolute Gasteiger partial charge is 0.475 e. The van der Waals surface area contributed by atoms with Gasteiger partial charge in [0, 0.05) is 6.42 Å². The molecule has 0 aromatic heterocycles. The topological polar surface area (TPSA) is 92.7 Å². The van der Waals surface area contributed by atoms with E-state index in [1.165, 1.54) is 0 Å². The van der Waals surface area contributed by atoms with Crippen LogP contribution in [0.5, 0.6) is 0 Å². The molecule has 108 valence electrons. The molecule has 6 nitrogen and oxygen atoms in total. The van der Waals surface area contributed by atoms with E-state index >= 15 is 0 Å². The highest BCUT2D eigenvalue weighted by Gasteiger charge is 2.39. The average Bonchev–Trinajstić information content (AvgIpc) is 2.62. The molecule has 2 N–H and O–H groups in total. The number of hydrogen-bond acceptors (Lipinski definition) is 4. The second-order valence-corrected chi connectivity index (χ2v) is 6.02. The van der Waals surface area contributed by atoms with Gasteiger partial charge in [-0.15, -0.1) is 0 Å². The van der Waals surface area contributed by atoms with Crippen LogP contribution in [0.15, 0.2) is 0 Å². The van der Waals surface area contributed by atoms with Gasteiger partial charge in [-0.3, -0.25) is 4.79 Å². The van der Waals surface area contributed by atoms with Crippen molar-refractivity contribution in [3.05, 3.63) is 0 Å². The molecule has 1 amide bonds. The maximum atomic E-state index is 11.8. The van der Waals surface area contributed by atoms with Gasteiger partial charge in [0.2, 0.25) is 5.78 Å². The lowest BCUT2D eigenvalue weighted by Crippen LogP contribution is -2.50. The van der Waals surface area contributed by atoms with Crippen molar-refractivity contribution in [2.75, 3.05) is 0 Å². The molecule has 0 aliphatic heterocycles. The quantitative estimate of drug-likeness (QED) is 0.761. The van der Waals surface area contributed by atoms with E-state index in [0.29, 0.717) is 12.8 Å². The van der Waals surface area contributed by atoms with Crippen LogP contribution in [0.25, 0.3) is 0 Å². The lowest BCUT2D eigenvalue weighted by molar-refractivity contribution is -0.149. The van der Waals surface area contributed by atoms with Crippen LogP contribution in [0.4, 0.5) is 4.79 Å². The number of carboxylic acids is 1. The summed E-state index contributed by atoms with van der Waals surface area (Å²) in [5.74, 6) is -2.34. The van der Waals surface area contributed by atoms with Crippen LogP contribution in [0.3, 0.4) is 0 Å². The predicted octanol–water partition coefficient (Wildman–Crippen LogP) is 1.87. The number of carbonyl (C=O) groups is 3. The Balaban J connectivity index is 2.69. The Bertz CT molecular complexity index is 377. The van der Waals surface area contributed by atoms with Crippen LogP contribution in [0, 0.1) is 0 Å². The first kappa shape index (κ1) is 15.5. The lowest BCUT2D eigenvalue weighted by atomic mass is 9.91. The number of alkyl carbamates (subject to hydrolysis) is 1. The summed E-state index contributed by atoms with van der Waals surface area (Å²) in [5.41, 5.74) is -1.39. The number of amides is 1. The summed E-state index contributed by atoms with van der Waals surface area (Å²) in [5, 5.41) is 11.4. The normalized spacial score (nSPS) is 17.8. The monoisotopic (exact) mass is 271 g/mol. The number of hydrogen-bond donors (Lipinski definition) is 2. The number of nitrogens with one attached hydrogen (secondary N) is 1. The summed E-state index contributed by atoms with van der Waals surface area (Å²) in [4.78, 5) is 33.8. The number of ketones is 1. The Morgan fingerprint density at radius 2 is 1.74 bits per heavy atom. The van der Waals surface area contributed by atoms with E-state index in [-0.39, 0.29) is 6.42 Å². The van der Waals surface area contributed by atoms with Crippen molar-refractivity contribution in [1.82, 2.24) is 5.32 Å². The summed E-state index contributed by atoms with van der Waals surface area (Å²) in [6, 6.07) is 0. The zero-order valence-corrected chi connectivity index (χ0v) is 11.6. The van der Waals surface area contributed by atoms with Gasteiger partial charge in [-0.1, -0.05) is 12.8 Å². The third-order valence-corrected chi connectivity index (χ3v) is 3.06. The molecule has 1 rings (SSSR count). The summed E-state index contributed by atoms with van der Waals surface area (Å²) in [6.45, 7) is 5.24. The van der Waals surface area contributed by atoms with E-state index in [9.17, 15) is 14.4 Å². The van der Waals surface area contributed by atoms with Gasteiger partial charge >= 0.3 is 12.1 Å².